The second-order valence-corrected chi connectivity index (χ2v) is 5.44. The lowest BCUT2D eigenvalue weighted by atomic mass is 10.4. The molecule has 0 fully saturated rings. The van der Waals surface area contributed by atoms with Gasteiger partial charge in [0, 0.05) is 13.1 Å². The van der Waals surface area contributed by atoms with Gasteiger partial charge in [-0.3, -0.25) is 9.48 Å². The number of aromatic nitrogens is 2. The first kappa shape index (κ1) is 14.6. The predicted octanol–water partition coefficient (Wildman–Crippen LogP) is 0.390. The van der Waals surface area contributed by atoms with Crippen LogP contribution in [0.5, 0.6) is 0 Å². The maximum Gasteiger partial charge on any atom is 0.292 e. The smallest absolute Gasteiger partial charge is 0.292 e. The average Bonchev–Trinajstić information content (AvgIpc) is 2.51. The maximum absolute atomic E-state index is 11.9. The van der Waals surface area contributed by atoms with Crippen LogP contribution in [0, 0.1) is 0 Å². The van der Waals surface area contributed by atoms with E-state index in [1.807, 2.05) is 18.5 Å². The number of hydrogen-bond donors (Lipinski definition) is 2. The van der Waals surface area contributed by atoms with Gasteiger partial charge in [0.25, 0.3) is 5.56 Å². The van der Waals surface area contributed by atoms with Crippen LogP contribution in [0.25, 0.3) is 0 Å². The molecular formula is C12H26N5O+. The summed E-state index contributed by atoms with van der Waals surface area (Å²) in [5.74, 6) is 0.748. The van der Waals surface area contributed by atoms with Crippen molar-refractivity contribution in [1.82, 2.24) is 9.36 Å². The molecule has 6 nitrogen and oxygen atoms in total. The van der Waals surface area contributed by atoms with Gasteiger partial charge in [-0.15, -0.1) is 0 Å². The third-order valence-corrected chi connectivity index (χ3v) is 2.94. The molecule has 0 aliphatic rings. The highest BCUT2D eigenvalue weighted by Gasteiger charge is 2.16. The molecule has 6 heteroatoms. The first-order valence-electron chi connectivity index (χ1n) is 6.45. The summed E-state index contributed by atoms with van der Waals surface area (Å²) in [6, 6.07) is 0. The van der Waals surface area contributed by atoms with Gasteiger partial charge in [-0.05, 0) is 13.8 Å². The summed E-state index contributed by atoms with van der Waals surface area (Å²) in [7, 11) is 6.40. The van der Waals surface area contributed by atoms with Crippen LogP contribution in [0.3, 0.4) is 0 Å². The number of nitrogens with one attached hydrogen (secondary N) is 1. The lowest BCUT2D eigenvalue weighted by Gasteiger charge is -2.24. The third-order valence-electron chi connectivity index (χ3n) is 2.94. The third kappa shape index (κ3) is 3.07. The molecule has 0 radical (unpaired) electrons. The van der Waals surface area contributed by atoms with Gasteiger partial charge in [-0.25, -0.2) is 4.68 Å². The lowest BCUT2D eigenvalue weighted by molar-refractivity contribution is -0.868. The van der Waals surface area contributed by atoms with E-state index in [2.05, 4.69) is 26.5 Å². The molecule has 18 heavy (non-hydrogen) atoms. The van der Waals surface area contributed by atoms with Crippen LogP contribution in [0.15, 0.2) is 4.79 Å². The largest absolute Gasteiger partial charge is 0.391 e. The van der Waals surface area contributed by atoms with Crippen molar-refractivity contribution in [3.63, 3.8) is 0 Å². The Balaban J connectivity index is 2.92. The second-order valence-electron chi connectivity index (χ2n) is 5.44. The van der Waals surface area contributed by atoms with Crippen molar-refractivity contribution in [2.45, 2.75) is 26.9 Å². The molecule has 0 bridgehead atoms. The van der Waals surface area contributed by atoms with Crippen LogP contribution >= 0.6 is 0 Å². The summed E-state index contributed by atoms with van der Waals surface area (Å²) in [6.07, 6.45) is 0. The Kier molecular flexibility index (Phi) is 4.45. The van der Waals surface area contributed by atoms with Crippen LogP contribution in [0.4, 0.5) is 11.5 Å². The molecule has 0 aliphatic heterocycles. The molecule has 104 valence electrons. The van der Waals surface area contributed by atoms with Crippen molar-refractivity contribution in [3.8, 4) is 0 Å². The number of nitrogen functional groups attached to an aromatic ring is 1. The SMILES string of the molecule is CCn1c(NCC[N+](C)(C)C)c(N)c(=O)n1CC. The van der Waals surface area contributed by atoms with Crippen LogP contribution in [-0.2, 0) is 13.1 Å². The van der Waals surface area contributed by atoms with E-state index in [0.717, 1.165) is 29.9 Å². The molecule has 0 unspecified atom stereocenters. The fraction of sp³-hybridized carbons (Fsp3) is 0.750. The van der Waals surface area contributed by atoms with E-state index in [9.17, 15) is 4.79 Å². The number of nitrogens with two attached hydrogens (primary N) is 1. The highest BCUT2D eigenvalue weighted by atomic mass is 16.1. The van der Waals surface area contributed by atoms with E-state index in [-0.39, 0.29) is 5.56 Å². The highest BCUT2D eigenvalue weighted by Crippen LogP contribution is 2.15. The van der Waals surface area contributed by atoms with Gasteiger partial charge in [0.1, 0.15) is 5.69 Å². The minimum Gasteiger partial charge on any atom is -0.391 e. The van der Waals surface area contributed by atoms with Crippen molar-refractivity contribution in [3.05, 3.63) is 10.4 Å². The van der Waals surface area contributed by atoms with Crippen LogP contribution in [-0.4, -0.2) is 48.1 Å². The summed E-state index contributed by atoms with van der Waals surface area (Å²) >= 11 is 0. The topological polar surface area (TPSA) is 65.0 Å². The van der Waals surface area contributed by atoms with Gasteiger partial charge < -0.3 is 15.5 Å². The van der Waals surface area contributed by atoms with Crippen LogP contribution < -0.4 is 16.6 Å². The van der Waals surface area contributed by atoms with E-state index >= 15 is 0 Å². The summed E-state index contributed by atoms with van der Waals surface area (Å²) in [5, 5.41) is 3.29. The monoisotopic (exact) mass is 256 g/mol. The Morgan fingerprint density at radius 3 is 2.17 bits per heavy atom. The molecule has 0 atom stereocenters. The van der Waals surface area contributed by atoms with Crippen molar-refractivity contribution >= 4 is 11.5 Å². The van der Waals surface area contributed by atoms with Crippen molar-refractivity contribution < 1.29 is 4.48 Å². The van der Waals surface area contributed by atoms with Gasteiger partial charge in [0.05, 0.1) is 34.2 Å². The fourth-order valence-electron chi connectivity index (χ4n) is 1.95. The van der Waals surface area contributed by atoms with Gasteiger partial charge in [-0.1, -0.05) is 0 Å². The summed E-state index contributed by atoms with van der Waals surface area (Å²) in [5.41, 5.74) is 6.10. The average molecular weight is 256 g/mol. The minimum atomic E-state index is -0.105. The Bertz CT molecular complexity index is 452. The minimum absolute atomic E-state index is 0.105. The maximum atomic E-state index is 11.9. The zero-order valence-corrected chi connectivity index (χ0v) is 12.2. The number of hydrogen-bond acceptors (Lipinski definition) is 3. The molecule has 0 aromatic carbocycles. The second kappa shape index (κ2) is 5.48. The quantitative estimate of drug-likeness (QED) is 0.724. The zero-order valence-electron chi connectivity index (χ0n) is 12.2. The number of rotatable bonds is 6. The molecular weight excluding hydrogens is 230 g/mol. The molecule has 0 spiro atoms. The molecule has 1 aromatic heterocycles. The van der Waals surface area contributed by atoms with Gasteiger partial charge in [-0.2, -0.15) is 0 Å². The summed E-state index contributed by atoms with van der Waals surface area (Å²) < 4.78 is 4.45. The molecule has 0 saturated carbocycles. The van der Waals surface area contributed by atoms with E-state index in [4.69, 9.17) is 5.73 Å². The Morgan fingerprint density at radius 2 is 1.72 bits per heavy atom. The standard InChI is InChI=1S/C12H25N5O/c1-6-15-11(14-8-9-17(3,4)5)10(13)12(18)16(15)7-2/h6-9,13H2,1-5H3/p+1. The molecule has 3 N–H and O–H groups in total. The number of likely N-dealkylation sites (N-methyl/N-ethyl adjacent to an activating group) is 1. The molecule has 0 amide bonds. The first-order valence-corrected chi connectivity index (χ1v) is 6.45. The van der Waals surface area contributed by atoms with Crippen molar-refractivity contribution in [2.75, 3.05) is 45.3 Å². The van der Waals surface area contributed by atoms with Crippen molar-refractivity contribution in [1.29, 1.82) is 0 Å². The number of anilines is 2. The molecule has 1 aromatic rings. The van der Waals surface area contributed by atoms with Gasteiger partial charge in [0.15, 0.2) is 5.82 Å². The Labute approximate surface area is 109 Å². The molecule has 0 aliphatic carbocycles. The zero-order chi connectivity index (χ0) is 13.9. The van der Waals surface area contributed by atoms with E-state index < -0.39 is 0 Å². The number of nitrogens with zero attached hydrogens (tertiary/aromatic N) is 3. The van der Waals surface area contributed by atoms with Gasteiger partial charge >= 0.3 is 0 Å². The highest BCUT2D eigenvalue weighted by molar-refractivity contribution is 5.60. The van der Waals surface area contributed by atoms with E-state index in [0.29, 0.717) is 12.2 Å². The molecule has 1 heterocycles. The molecule has 1 rings (SSSR count). The Morgan fingerprint density at radius 1 is 1.17 bits per heavy atom. The van der Waals surface area contributed by atoms with Crippen LogP contribution in [0.2, 0.25) is 0 Å². The van der Waals surface area contributed by atoms with Gasteiger partial charge in [0.2, 0.25) is 0 Å². The normalized spacial score (nSPS) is 11.8. The lowest BCUT2D eigenvalue weighted by Crippen LogP contribution is -2.38. The van der Waals surface area contributed by atoms with E-state index in [1.165, 1.54) is 0 Å². The van der Waals surface area contributed by atoms with Crippen molar-refractivity contribution in [2.24, 2.45) is 0 Å². The Hall–Kier alpha value is -1.43. The fourth-order valence-corrected chi connectivity index (χ4v) is 1.95. The summed E-state index contributed by atoms with van der Waals surface area (Å²) in [6.45, 7) is 7.08. The van der Waals surface area contributed by atoms with Crippen LogP contribution in [0.1, 0.15) is 13.8 Å². The first-order chi connectivity index (χ1) is 8.31. The predicted molar refractivity (Wildman–Crippen MR) is 75.8 cm³/mol. The van der Waals surface area contributed by atoms with E-state index in [1.54, 1.807) is 4.68 Å². The summed E-state index contributed by atoms with van der Waals surface area (Å²) in [4.78, 5) is 11.9. The number of quaternary nitrogens is 1. The molecule has 0 saturated heterocycles.